The van der Waals surface area contributed by atoms with Crippen molar-refractivity contribution in [3.63, 3.8) is 0 Å². The molecule has 1 atom stereocenters. The Labute approximate surface area is 140 Å². The minimum Gasteiger partial charge on any atom is -0.465 e. The molecular weight excluding hydrogens is 311 g/mol. The monoisotopic (exact) mass is 332 g/mol. The van der Waals surface area contributed by atoms with E-state index in [1.807, 2.05) is 6.92 Å². The Kier molecular flexibility index (Phi) is 5.39. The molecule has 1 amide bonds. The molecule has 128 valence electrons. The second-order valence-corrected chi connectivity index (χ2v) is 5.54. The molecule has 1 aromatic carbocycles. The van der Waals surface area contributed by atoms with Crippen LogP contribution in [-0.2, 0) is 11.2 Å². The maximum atomic E-state index is 13.8. The largest absolute Gasteiger partial charge is 0.465 e. The second-order valence-electron chi connectivity index (χ2n) is 5.54. The number of halogens is 1. The lowest BCUT2D eigenvalue weighted by atomic mass is 10.1. The van der Waals surface area contributed by atoms with Gasteiger partial charge in [0.05, 0.1) is 18.7 Å². The van der Waals surface area contributed by atoms with Crippen LogP contribution in [0.4, 0.5) is 4.39 Å². The van der Waals surface area contributed by atoms with E-state index in [-0.39, 0.29) is 11.5 Å². The van der Waals surface area contributed by atoms with Crippen LogP contribution in [0.1, 0.15) is 57.6 Å². The number of nitrogens with one attached hydrogen (secondary N) is 2. The first-order valence-corrected chi connectivity index (χ1v) is 7.75. The molecule has 0 spiro atoms. The summed E-state index contributed by atoms with van der Waals surface area (Å²) in [7, 11) is 1.30. The Morgan fingerprint density at radius 2 is 2.00 bits per heavy atom. The van der Waals surface area contributed by atoms with E-state index in [0.29, 0.717) is 28.8 Å². The smallest absolute Gasteiger partial charge is 0.339 e. The summed E-state index contributed by atoms with van der Waals surface area (Å²) in [6, 6.07) is 5.78. The Bertz CT molecular complexity index is 768. The molecular formula is C18H21FN2O3. The molecule has 0 radical (unpaired) electrons. The highest BCUT2D eigenvalue weighted by Crippen LogP contribution is 2.22. The molecule has 0 saturated carbocycles. The van der Waals surface area contributed by atoms with Crippen LogP contribution < -0.4 is 5.32 Å². The summed E-state index contributed by atoms with van der Waals surface area (Å²) in [6.45, 7) is 5.27. The minimum atomic E-state index is -0.506. The fraction of sp³-hybridized carbons (Fsp3) is 0.333. The van der Waals surface area contributed by atoms with Crippen LogP contribution in [0.15, 0.2) is 24.3 Å². The number of amides is 1. The van der Waals surface area contributed by atoms with Crippen molar-refractivity contribution in [2.75, 3.05) is 7.11 Å². The Balaban J connectivity index is 2.29. The highest BCUT2D eigenvalue weighted by Gasteiger charge is 2.24. The Hall–Kier alpha value is -2.63. The summed E-state index contributed by atoms with van der Waals surface area (Å²) in [5.74, 6) is -1.26. The summed E-state index contributed by atoms with van der Waals surface area (Å²) in [4.78, 5) is 27.4. The molecule has 2 rings (SSSR count). The third-order valence-electron chi connectivity index (χ3n) is 4.02. The fourth-order valence-electron chi connectivity index (χ4n) is 2.70. The summed E-state index contributed by atoms with van der Waals surface area (Å²) >= 11 is 0. The zero-order valence-corrected chi connectivity index (χ0v) is 14.2. The number of carbonyl (C=O) groups is 2. The van der Waals surface area contributed by atoms with Crippen LogP contribution in [0.3, 0.4) is 0 Å². The molecule has 0 bridgehead atoms. The van der Waals surface area contributed by atoms with E-state index in [1.165, 1.54) is 13.2 Å². The first-order chi connectivity index (χ1) is 11.4. The van der Waals surface area contributed by atoms with E-state index in [9.17, 15) is 14.0 Å². The lowest BCUT2D eigenvalue weighted by Gasteiger charge is -2.15. The molecule has 1 heterocycles. The van der Waals surface area contributed by atoms with Gasteiger partial charge in [-0.25, -0.2) is 9.18 Å². The molecule has 0 unspecified atom stereocenters. The quantitative estimate of drug-likeness (QED) is 0.825. The second kappa shape index (κ2) is 7.29. The van der Waals surface area contributed by atoms with Crippen LogP contribution in [0.25, 0.3) is 0 Å². The molecule has 0 aliphatic carbocycles. The average molecular weight is 332 g/mol. The predicted molar refractivity (Wildman–Crippen MR) is 88.5 cm³/mol. The topological polar surface area (TPSA) is 71.2 Å². The van der Waals surface area contributed by atoms with Gasteiger partial charge in [-0.15, -0.1) is 0 Å². The number of hydrogen-bond acceptors (Lipinski definition) is 3. The summed E-state index contributed by atoms with van der Waals surface area (Å²) in [5, 5.41) is 2.75. The summed E-state index contributed by atoms with van der Waals surface area (Å²) < 4.78 is 18.6. The van der Waals surface area contributed by atoms with Crippen molar-refractivity contribution in [2.45, 2.75) is 33.2 Å². The zero-order chi connectivity index (χ0) is 17.9. The number of hydrogen-bond donors (Lipinski definition) is 2. The SMILES string of the molecule is CCc1[nH]c(C(=O)N[C@H](C)c2ccccc2F)c(C)c1C(=O)OC. The van der Waals surface area contributed by atoms with Crippen molar-refractivity contribution >= 4 is 11.9 Å². The number of rotatable bonds is 5. The number of methoxy groups -OCH3 is 1. The molecule has 1 aromatic heterocycles. The predicted octanol–water partition coefficient (Wildman–Crippen LogP) is 3.30. The molecule has 24 heavy (non-hydrogen) atoms. The van der Waals surface area contributed by atoms with Gasteiger partial charge < -0.3 is 15.0 Å². The third-order valence-corrected chi connectivity index (χ3v) is 4.02. The number of aromatic amines is 1. The van der Waals surface area contributed by atoms with E-state index in [1.54, 1.807) is 32.0 Å². The van der Waals surface area contributed by atoms with Gasteiger partial charge in [0.1, 0.15) is 11.5 Å². The molecule has 0 fully saturated rings. The number of H-pyrrole nitrogens is 1. The molecule has 0 saturated heterocycles. The standard InChI is InChI=1S/C18H21FN2O3/c1-5-14-15(18(23)24-4)10(2)16(21-14)17(22)20-11(3)12-8-6-7-9-13(12)19/h6-9,11,21H,5H2,1-4H3,(H,20,22)/t11-/m1/s1. The van der Waals surface area contributed by atoms with E-state index < -0.39 is 17.9 Å². The fourth-order valence-corrected chi connectivity index (χ4v) is 2.70. The van der Waals surface area contributed by atoms with Crippen molar-refractivity contribution < 1.29 is 18.7 Å². The van der Waals surface area contributed by atoms with Gasteiger partial charge in [-0.2, -0.15) is 0 Å². The molecule has 0 aliphatic heterocycles. The Morgan fingerprint density at radius 1 is 1.33 bits per heavy atom. The lowest BCUT2D eigenvalue weighted by Crippen LogP contribution is -2.28. The van der Waals surface area contributed by atoms with Crippen molar-refractivity contribution in [1.82, 2.24) is 10.3 Å². The van der Waals surface area contributed by atoms with Gasteiger partial charge in [0.15, 0.2) is 0 Å². The van der Waals surface area contributed by atoms with Crippen molar-refractivity contribution in [3.05, 3.63) is 58.2 Å². The van der Waals surface area contributed by atoms with E-state index in [0.717, 1.165) is 0 Å². The number of aromatic nitrogens is 1. The van der Waals surface area contributed by atoms with E-state index in [2.05, 4.69) is 10.3 Å². The molecule has 2 aromatic rings. The molecule has 5 nitrogen and oxygen atoms in total. The summed E-state index contributed by atoms with van der Waals surface area (Å²) in [5.41, 5.74) is 2.23. The highest BCUT2D eigenvalue weighted by molar-refractivity contribution is 6.00. The van der Waals surface area contributed by atoms with Crippen LogP contribution >= 0.6 is 0 Å². The zero-order valence-electron chi connectivity index (χ0n) is 14.2. The van der Waals surface area contributed by atoms with Gasteiger partial charge in [0, 0.05) is 11.3 Å². The first kappa shape index (κ1) is 17.7. The molecule has 2 N–H and O–H groups in total. The maximum absolute atomic E-state index is 13.8. The maximum Gasteiger partial charge on any atom is 0.339 e. The van der Waals surface area contributed by atoms with Gasteiger partial charge in [-0.05, 0) is 31.9 Å². The average Bonchev–Trinajstić information content (AvgIpc) is 2.91. The van der Waals surface area contributed by atoms with E-state index >= 15 is 0 Å². The third kappa shape index (κ3) is 3.32. The first-order valence-electron chi connectivity index (χ1n) is 7.75. The number of benzene rings is 1. The highest BCUT2D eigenvalue weighted by atomic mass is 19.1. The normalized spacial score (nSPS) is 11.9. The van der Waals surface area contributed by atoms with E-state index in [4.69, 9.17) is 4.74 Å². The van der Waals surface area contributed by atoms with Crippen molar-refractivity contribution in [1.29, 1.82) is 0 Å². The summed E-state index contributed by atoms with van der Waals surface area (Å²) in [6.07, 6.45) is 0.557. The van der Waals surface area contributed by atoms with Gasteiger partial charge >= 0.3 is 5.97 Å². The van der Waals surface area contributed by atoms with Crippen molar-refractivity contribution in [2.24, 2.45) is 0 Å². The number of aryl methyl sites for hydroxylation is 1. The number of esters is 1. The lowest BCUT2D eigenvalue weighted by molar-refractivity contribution is 0.0599. The van der Waals surface area contributed by atoms with Gasteiger partial charge in [0.25, 0.3) is 5.91 Å². The van der Waals surface area contributed by atoms with Gasteiger partial charge in [-0.1, -0.05) is 25.1 Å². The van der Waals surface area contributed by atoms with Gasteiger partial charge in [-0.3, -0.25) is 4.79 Å². The van der Waals surface area contributed by atoms with Crippen LogP contribution in [0.5, 0.6) is 0 Å². The van der Waals surface area contributed by atoms with Crippen LogP contribution in [0, 0.1) is 12.7 Å². The van der Waals surface area contributed by atoms with Crippen LogP contribution in [-0.4, -0.2) is 24.0 Å². The molecule has 6 heteroatoms. The van der Waals surface area contributed by atoms with Crippen molar-refractivity contribution in [3.8, 4) is 0 Å². The molecule has 0 aliphatic rings. The minimum absolute atomic E-state index is 0.287. The number of carbonyl (C=O) groups excluding carboxylic acids is 2. The van der Waals surface area contributed by atoms with Gasteiger partial charge in [0.2, 0.25) is 0 Å². The van der Waals surface area contributed by atoms with Crippen LogP contribution in [0.2, 0.25) is 0 Å². The number of ether oxygens (including phenoxy) is 1. The Morgan fingerprint density at radius 3 is 2.58 bits per heavy atom.